The SMILES string of the molecule is CC(CCCC(F)(F)F)Nc1cccnc1. The summed E-state index contributed by atoms with van der Waals surface area (Å²) in [5, 5.41) is 3.10. The van der Waals surface area contributed by atoms with Crippen molar-refractivity contribution in [3.8, 4) is 0 Å². The lowest BCUT2D eigenvalue weighted by Crippen LogP contribution is -2.16. The summed E-state index contributed by atoms with van der Waals surface area (Å²) in [6.07, 6.45) is -0.813. The Morgan fingerprint density at radius 2 is 2.19 bits per heavy atom. The van der Waals surface area contributed by atoms with Crippen LogP contribution in [0.25, 0.3) is 0 Å². The van der Waals surface area contributed by atoms with Crippen LogP contribution < -0.4 is 5.32 Å². The van der Waals surface area contributed by atoms with Crippen LogP contribution in [0.4, 0.5) is 18.9 Å². The standard InChI is InChI=1S/C11H15F3N2/c1-9(4-2-6-11(12,13)14)16-10-5-3-7-15-8-10/h3,5,7-9,16H,2,4,6H2,1H3. The molecule has 0 radical (unpaired) electrons. The Morgan fingerprint density at radius 3 is 2.75 bits per heavy atom. The zero-order valence-corrected chi connectivity index (χ0v) is 9.09. The first-order valence-electron chi connectivity index (χ1n) is 5.21. The molecule has 90 valence electrons. The van der Waals surface area contributed by atoms with Crippen molar-refractivity contribution in [1.29, 1.82) is 0 Å². The molecule has 2 nitrogen and oxygen atoms in total. The molecule has 1 rings (SSSR count). The molecule has 1 heterocycles. The molecule has 5 heteroatoms. The minimum Gasteiger partial charge on any atom is -0.381 e. The van der Waals surface area contributed by atoms with Gasteiger partial charge in [-0.2, -0.15) is 13.2 Å². The lowest BCUT2D eigenvalue weighted by atomic mass is 10.1. The zero-order valence-electron chi connectivity index (χ0n) is 9.09. The fourth-order valence-electron chi connectivity index (χ4n) is 1.41. The Morgan fingerprint density at radius 1 is 1.44 bits per heavy atom. The molecule has 1 aromatic rings. The van der Waals surface area contributed by atoms with Crippen molar-refractivity contribution in [2.24, 2.45) is 0 Å². The molecule has 0 aromatic carbocycles. The molecule has 0 aliphatic rings. The van der Waals surface area contributed by atoms with Crippen molar-refractivity contribution in [3.63, 3.8) is 0 Å². The van der Waals surface area contributed by atoms with E-state index in [0.717, 1.165) is 5.69 Å². The van der Waals surface area contributed by atoms with E-state index in [4.69, 9.17) is 0 Å². The minimum absolute atomic E-state index is 0.0200. The van der Waals surface area contributed by atoms with E-state index in [0.29, 0.717) is 6.42 Å². The number of hydrogen-bond donors (Lipinski definition) is 1. The predicted octanol–water partition coefficient (Wildman–Crippen LogP) is 3.61. The van der Waals surface area contributed by atoms with Crippen LogP contribution in [0.3, 0.4) is 0 Å². The monoisotopic (exact) mass is 232 g/mol. The van der Waals surface area contributed by atoms with Gasteiger partial charge in [0.1, 0.15) is 0 Å². The number of nitrogens with one attached hydrogen (secondary N) is 1. The number of halogens is 3. The van der Waals surface area contributed by atoms with Crippen LogP contribution in [0.2, 0.25) is 0 Å². The second-order valence-electron chi connectivity index (χ2n) is 3.79. The molecule has 0 fully saturated rings. The van der Waals surface area contributed by atoms with Crippen LogP contribution in [0.1, 0.15) is 26.2 Å². The summed E-state index contributed by atoms with van der Waals surface area (Å²) >= 11 is 0. The van der Waals surface area contributed by atoms with Crippen LogP contribution in [0.15, 0.2) is 24.5 Å². The van der Waals surface area contributed by atoms with E-state index in [9.17, 15) is 13.2 Å². The molecule has 1 N–H and O–H groups in total. The first kappa shape index (κ1) is 12.8. The summed E-state index contributed by atoms with van der Waals surface area (Å²) < 4.78 is 35.7. The van der Waals surface area contributed by atoms with Gasteiger partial charge in [-0.3, -0.25) is 4.98 Å². The fraction of sp³-hybridized carbons (Fsp3) is 0.545. The Kier molecular flexibility index (Phi) is 4.58. The van der Waals surface area contributed by atoms with Crippen LogP contribution in [0, 0.1) is 0 Å². The molecule has 0 saturated carbocycles. The van der Waals surface area contributed by atoms with Gasteiger partial charge < -0.3 is 5.32 Å². The number of aromatic nitrogens is 1. The van der Waals surface area contributed by atoms with Gasteiger partial charge in [0.2, 0.25) is 0 Å². The van der Waals surface area contributed by atoms with Gasteiger partial charge in [0, 0.05) is 24.9 Å². The molecule has 0 saturated heterocycles. The van der Waals surface area contributed by atoms with Crippen molar-refractivity contribution < 1.29 is 13.2 Å². The van der Waals surface area contributed by atoms with Crippen molar-refractivity contribution in [2.75, 3.05) is 5.32 Å². The van der Waals surface area contributed by atoms with Gasteiger partial charge in [-0.15, -0.1) is 0 Å². The van der Waals surface area contributed by atoms with Crippen molar-refractivity contribution in [1.82, 2.24) is 4.98 Å². The smallest absolute Gasteiger partial charge is 0.381 e. The third-order valence-corrected chi connectivity index (χ3v) is 2.17. The van der Waals surface area contributed by atoms with E-state index < -0.39 is 12.6 Å². The van der Waals surface area contributed by atoms with Crippen LogP contribution >= 0.6 is 0 Å². The zero-order chi connectivity index (χ0) is 12.0. The average molecular weight is 232 g/mol. The first-order chi connectivity index (χ1) is 7.47. The highest BCUT2D eigenvalue weighted by atomic mass is 19.4. The van der Waals surface area contributed by atoms with E-state index in [-0.39, 0.29) is 12.5 Å². The Bertz CT molecular complexity index is 298. The van der Waals surface area contributed by atoms with Gasteiger partial charge in [-0.1, -0.05) is 0 Å². The molecule has 0 spiro atoms. The largest absolute Gasteiger partial charge is 0.389 e. The molecular formula is C11H15F3N2. The minimum atomic E-state index is -4.05. The van der Waals surface area contributed by atoms with Gasteiger partial charge in [-0.25, -0.2) is 0 Å². The number of hydrogen-bond acceptors (Lipinski definition) is 2. The third kappa shape index (κ3) is 5.58. The fourth-order valence-corrected chi connectivity index (χ4v) is 1.41. The van der Waals surface area contributed by atoms with E-state index in [2.05, 4.69) is 10.3 Å². The first-order valence-corrected chi connectivity index (χ1v) is 5.21. The lowest BCUT2D eigenvalue weighted by molar-refractivity contribution is -0.135. The third-order valence-electron chi connectivity index (χ3n) is 2.17. The number of rotatable bonds is 5. The molecule has 1 aromatic heterocycles. The highest BCUT2D eigenvalue weighted by molar-refractivity contribution is 5.40. The Balaban J connectivity index is 2.24. The molecule has 16 heavy (non-hydrogen) atoms. The number of nitrogens with zero attached hydrogens (tertiary/aromatic N) is 1. The second kappa shape index (κ2) is 5.72. The Labute approximate surface area is 92.9 Å². The Hall–Kier alpha value is -1.26. The van der Waals surface area contributed by atoms with E-state index in [1.165, 1.54) is 0 Å². The summed E-state index contributed by atoms with van der Waals surface area (Å²) in [5.41, 5.74) is 0.835. The highest BCUT2D eigenvalue weighted by Gasteiger charge is 2.26. The van der Waals surface area contributed by atoms with Crippen molar-refractivity contribution in [3.05, 3.63) is 24.5 Å². The molecule has 0 aliphatic heterocycles. The molecule has 0 bridgehead atoms. The quantitative estimate of drug-likeness (QED) is 0.838. The van der Waals surface area contributed by atoms with Gasteiger partial charge in [0.25, 0.3) is 0 Å². The average Bonchev–Trinajstić information content (AvgIpc) is 2.17. The summed E-state index contributed by atoms with van der Waals surface area (Å²) in [6, 6.07) is 3.64. The lowest BCUT2D eigenvalue weighted by Gasteiger charge is -2.15. The maximum absolute atomic E-state index is 11.9. The number of alkyl halides is 3. The maximum Gasteiger partial charge on any atom is 0.389 e. The van der Waals surface area contributed by atoms with Gasteiger partial charge in [-0.05, 0) is 31.9 Å². The van der Waals surface area contributed by atoms with E-state index in [1.54, 1.807) is 18.5 Å². The molecular weight excluding hydrogens is 217 g/mol. The topological polar surface area (TPSA) is 24.9 Å². The van der Waals surface area contributed by atoms with Crippen LogP contribution in [0.5, 0.6) is 0 Å². The number of pyridine rings is 1. The maximum atomic E-state index is 11.9. The van der Waals surface area contributed by atoms with E-state index in [1.807, 2.05) is 13.0 Å². The van der Waals surface area contributed by atoms with Crippen molar-refractivity contribution >= 4 is 5.69 Å². The van der Waals surface area contributed by atoms with E-state index >= 15 is 0 Å². The normalized spacial score (nSPS) is 13.5. The highest BCUT2D eigenvalue weighted by Crippen LogP contribution is 2.23. The van der Waals surface area contributed by atoms with Crippen LogP contribution in [-0.2, 0) is 0 Å². The van der Waals surface area contributed by atoms with Gasteiger partial charge in [0.15, 0.2) is 0 Å². The predicted molar refractivity (Wildman–Crippen MR) is 57.2 cm³/mol. The van der Waals surface area contributed by atoms with Crippen molar-refractivity contribution in [2.45, 2.75) is 38.4 Å². The van der Waals surface area contributed by atoms with Crippen LogP contribution in [-0.4, -0.2) is 17.2 Å². The van der Waals surface area contributed by atoms with Gasteiger partial charge in [0.05, 0.1) is 5.69 Å². The summed E-state index contributed by atoms with van der Waals surface area (Å²) in [6.45, 7) is 1.86. The number of anilines is 1. The molecule has 0 aliphatic carbocycles. The summed E-state index contributed by atoms with van der Waals surface area (Å²) in [7, 11) is 0. The molecule has 0 amide bonds. The summed E-state index contributed by atoms with van der Waals surface area (Å²) in [4.78, 5) is 3.91. The second-order valence-corrected chi connectivity index (χ2v) is 3.79. The van der Waals surface area contributed by atoms with Gasteiger partial charge >= 0.3 is 6.18 Å². The summed E-state index contributed by atoms with van der Waals surface area (Å²) in [5.74, 6) is 0. The molecule has 1 unspecified atom stereocenters. The molecule has 1 atom stereocenters.